The van der Waals surface area contributed by atoms with Crippen molar-refractivity contribution in [3.05, 3.63) is 0 Å². The molecule has 0 spiro atoms. The Bertz CT molecular complexity index is 238. The van der Waals surface area contributed by atoms with Crippen molar-refractivity contribution in [1.82, 2.24) is 5.23 Å². The van der Waals surface area contributed by atoms with Gasteiger partial charge in [-0.1, -0.05) is 0 Å². The minimum absolute atomic E-state index is 0.389. The number of nitrogens with zero attached hydrogens (tertiary/aromatic N) is 1. The van der Waals surface area contributed by atoms with Crippen molar-refractivity contribution in [2.24, 2.45) is 0 Å². The second-order valence-corrected chi connectivity index (χ2v) is 3.59. The maximum atomic E-state index is 10.8. The minimum atomic E-state index is -1.59. The maximum absolute atomic E-state index is 10.8. The van der Waals surface area contributed by atoms with Crippen molar-refractivity contribution in [1.29, 1.82) is 0 Å². The van der Waals surface area contributed by atoms with Gasteiger partial charge in [-0.3, -0.25) is 14.5 Å². The van der Waals surface area contributed by atoms with E-state index in [9.17, 15) is 4.79 Å². The van der Waals surface area contributed by atoms with Crippen LogP contribution in [0.25, 0.3) is 0 Å². The summed E-state index contributed by atoms with van der Waals surface area (Å²) in [6.45, 7) is -3.02. The Labute approximate surface area is 108 Å². The van der Waals surface area contributed by atoms with E-state index in [1.54, 1.807) is 0 Å². The van der Waals surface area contributed by atoms with E-state index >= 15 is 0 Å². The molecule has 19 heavy (non-hydrogen) atoms. The fourth-order valence-corrected chi connectivity index (χ4v) is 0.877. The normalized spacial score (nSPS) is 16.3. The number of carbonyl (C=O) groups is 1. The first kappa shape index (κ1) is 18.1. The second kappa shape index (κ2) is 10.00. The van der Waals surface area contributed by atoms with Gasteiger partial charge in [0.25, 0.3) is 0 Å². The molecule has 0 aliphatic rings. The molecule has 10 nitrogen and oxygen atoms in total. The molecule has 0 aromatic heterocycles. The molecule has 6 N–H and O–H groups in total. The quantitative estimate of drug-likeness (QED) is 0.208. The zero-order valence-corrected chi connectivity index (χ0v) is 10.1. The number of hydrogen-bond donors (Lipinski definition) is 6. The Morgan fingerprint density at radius 1 is 0.947 bits per heavy atom. The van der Waals surface area contributed by atoms with E-state index in [-0.39, 0.29) is 0 Å². The number of aliphatic carboxylic acids is 1. The van der Waals surface area contributed by atoms with Gasteiger partial charge < -0.3 is 30.6 Å². The lowest BCUT2D eigenvalue weighted by molar-refractivity contribution is -0.396. The highest BCUT2D eigenvalue weighted by molar-refractivity contribution is 5.73. The fraction of sp³-hybridized carbons (Fsp3) is 0.889. The lowest BCUT2D eigenvalue weighted by Crippen LogP contribution is -2.46. The van der Waals surface area contributed by atoms with Gasteiger partial charge in [0, 0.05) is 0 Å². The average molecular weight is 285 g/mol. The summed E-state index contributed by atoms with van der Waals surface area (Å²) >= 11 is 0. The molecule has 3 atom stereocenters. The molecule has 0 aliphatic carbocycles. The van der Waals surface area contributed by atoms with Gasteiger partial charge in [0.1, 0.15) is 12.2 Å². The van der Waals surface area contributed by atoms with Crippen LogP contribution >= 0.6 is 0 Å². The third-order valence-electron chi connectivity index (χ3n) is 1.92. The molecule has 0 aliphatic heterocycles. The molecule has 0 rings (SSSR count). The number of carboxylic acids is 1. The van der Waals surface area contributed by atoms with Crippen molar-refractivity contribution in [3.63, 3.8) is 0 Å². The largest absolute Gasteiger partial charge is 0.480 e. The number of aliphatic hydroxyl groups is 5. The predicted molar refractivity (Wildman–Crippen MR) is 58.4 cm³/mol. The van der Waals surface area contributed by atoms with Crippen LogP contribution in [0.3, 0.4) is 0 Å². The number of rotatable bonds is 11. The monoisotopic (exact) mass is 285 g/mol. The summed E-state index contributed by atoms with van der Waals surface area (Å²) in [5, 5.41) is 53.4. The third-order valence-corrected chi connectivity index (χ3v) is 1.92. The fourth-order valence-electron chi connectivity index (χ4n) is 0.877. The Morgan fingerprint density at radius 2 is 1.37 bits per heavy atom. The highest BCUT2D eigenvalue weighted by Crippen LogP contribution is 2.04. The van der Waals surface area contributed by atoms with Gasteiger partial charge in [-0.2, -0.15) is 0 Å². The molecule has 0 fully saturated rings. The van der Waals surface area contributed by atoms with Gasteiger partial charge in [-0.05, 0) is 5.23 Å². The van der Waals surface area contributed by atoms with E-state index in [4.69, 9.17) is 40.3 Å². The van der Waals surface area contributed by atoms with E-state index < -0.39 is 57.3 Å². The van der Waals surface area contributed by atoms with Crippen molar-refractivity contribution >= 4 is 5.97 Å². The van der Waals surface area contributed by atoms with Crippen LogP contribution in [0.1, 0.15) is 0 Å². The smallest absolute Gasteiger partial charge is 0.328 e. The minimum Gasteiger partial charge on any atom is -0.480 e. The Hall–Kier alpha value is -0.850. The molecule has 0 amide bonds. The molecule has 10 heteroatoms. The molecular weight excluding hydrogens is 266 g/mol. The SMILES string of the molecule is O=C(O)[C@H](CO)N(OCC(O)CO)OCC(O)CO. The van der Waals surface area contributed by atoms with Gasteiger partial charge in [-0.25, -0.2) is 0 Å². The number of carboxylic acid groups (broad SMARTS) is 1. The lowest BCUT2D eigenvalue weighted by atomic mass is 10.3. The molecule has 2 unspecified atom stereocenters. The zero-order chi connectivity index (χ0) is 14.8. The summed E-state index contributed by atoms with van der Waals surface area (Å²) in [5.41, 5.74) is 0. The maximum Gasteiger partial charge on any atom is 0.328 e. The summed E-state index contributed by atoms with van der Waals surface area (Å²) in [6, 6.07) is -1.59. The lowest BCUT2D eigenvalue weighted by Gasteiger charge is -2.26. The third kappa shape index (κ3) is 7.34. The van der Waals surface area contributed by atoms with E-state index in [1.807, 2.05) is 0 Å². The van der Waals surface area contributed by atoms with Crippen LogP contribution in [0, 0.1) is 0 Å². The van der Waals surface area contributed by atoms with Gasteiger partial charge >= 0.3 is 5.97 Å². The molecular formula is C9H19NO9. The zero-order valence-electron chi connectivity index (χ0n) is 10.1. The van der Waals surface area contributed by atoms with Crippen LogP contribution in [-0.4, -0.2) is 93.1 Å². The van der Waals surface area contributed by atoms with Crippen LogP contribution in [0.15, 0.2) is 0 Å². The summed E-state index contributed by atoms with van der Waals surface area (Å²) in [7, 11) is 0. The van der Waals surface area contributed by atoms with Gasteiger partial charge in [0.05, 0.1) is 33.0 Å². The first-order chi connectivity index (χ1) is 8.96. The van der Waals surface area contributed by atoms with Gasteiger partial charge in [0.15, 0.2) is 6.04 Å². The summed E-state index contributed by atoms with van der Waals surface area (Å²) in [6.07, 6.45) is -2.52. The highest BCUT2D eigenvalue weighted by atomic mass is 17.0. The molecule has 0 radical (unpaired) electrons. The van der Waals surface area contributed by atoms with E-state index in [1.165, 1.54) is 0 Å². The van der Waals surface area contributed by atoms with Crippen molar-refractivity contribution < 1.29 is 45.1 Å². The van der Waals surface area contributed by atoms with Gasteiger partial charge in [-0.15, -0.1) is 0 Å². The number of aliphatic hydroxyl groups excluding tert-OH is 5. The first-order valence-electron chi connectivity index (χ1n) is 5.42. The van der Waals surface area contributed by atoms with Gasteiger partial charge in [0.2, 0.25) is 0 Å². The summed E-state index contributed by atoms with van der Waals surface area (Å²) < 4.78 is 0. The standard InChI is InChI=1S/C9H19NO9/c11-1-6(14)4-18-10(8(3-13)9(16)17)19-5-7(15)2-12/h6-8,11-15H,1-5H2,(H,16,17)/t6?,7?,8-/m0/s1. The first-order valence-corrected chi connectivity index (χ1v) is 5.42. The Morgan fingerprint density at radius 3 is 1.63 bits per heavy atom. The molecule has 0 saturated carbocycles. The van der Waals surface area contributed by atoms with E-state index in [0.29, 0.717) is 5.23 Å². The van der Waals surface area contributed by atoms with Crippen molar-refractivity contribution in [2.75, 3.05) is 33.0 Å². The predicted octanol–water partition coefficient (Wildman–Crippen LogP) is -3.70. The molecule has 0 aromatic carbocycles. The van der Waals surface area contributed by atoms with Crippen molar-refractivity contribution in [3.8, 4) is 0 Å². The second-order valence-electron chi connectivity index (χ2n) is 3.59. The average Bonchev–Trinajstić information content (AvgIpc) is 2.40. The highest BCUT2D eigenvalue weighted by Gasteiger charge is 2.28. The van der Waals surface area contributed by atoms with Crippen LogP contribution in [0.5, 0.6) is 0 Å². The molecule has 0 aromatic rings. The van der Waals surface area contributed by atoms with Crippen LogP contribution < -0.4 is 0 Å². The topological polar surface area (TPSA) is 160 Å². The Balaban J connectivity index is 4.48. The van der Waals surface area contributed by atoms with Crippen LogP contribution in [0.2, 0.25) is 0 Å². The molecule has 0 heterocycles. The van der Waals surface area contributed by atoms with E-state index in [2.05, 4.69) is 0 Å². The van der Waals surface area contributed by atoms with Crippen LogP contribution in [-0.2, 0) is 14.5 Å². The summed E-state index contributed by atoms with van der Waals surface area (Å²) in [4.78, 5) is 20.4. The Kier molecular flexibility index (Phi) is 9.55. The molecule has 0 bridgehead atoms. The van der Waals surface area contributed by atoms with Crippen molar-refractivity contribution in [2.45, 2.75) is 18.2 Å². The number of hydroxylamine groups is 2. The number of hydrogen-bond acceptors (Lipinski definition) is 9. The molecule has 0 saturated heterocycles. The van der Waals surface area contributed by atoms with Crippen LogP contribution in [0.4, 0.5) is 0 Å². The van der Waals surface area contributed by atoms with E-state index in [0.717, 1.165) is 0 Å². The summed E-state index contributed by atoms with van der Waals surface area (Å²) in [5.74, 6) is -1.46. The molecule has 114 valence electrons.